The first kappa shape index (κ1) is 18.9. The maximum Gasteiger partial charge on any atom is 0.243 e. The standard InChI is InChI=1S/C19H21ClN2O3S/c1-14-5-9-16(10-6-14)21-19(23)18-4-2-3-13-22(18)26(24,25)17-11-7-15(20)8-12-17/h5-12,18H,2-4,13H2,1H3,(H,21,23)/t18-/m1/s1. The van der Waals surface area contributed by atoms with Crippen LogP contribution in [0.1, 0.15) is 24.8 Å². The summed E-state index contributed by atoms with van der Waals surface area (Å²) in [5.41, 5.74) is 1.75. The molecule has 7 heteroatoms. The lowest BCUT2D eigenvalue weighted by Crippen LogP contribution is -2.49. The van der Waals surface area contributed by atoms with E-state index >= 15 is 0 Å². The molecule has 1 fully saturated rings. The maximum absolute atomic E-state index is 13.0. The molecule has 0 spiro atoms. The van der Waals surface area contributed by atoms with Gasteiger partial charge < -0.3 is 5.32 Å². The summed E-state index contributed by atoms with van der Waals surface area (Å²) in [4.78, 5) is 12.9. The first-order valence-corrected chi connectivity index (χ1v) is 10.3. The fourth-order valence-electron chi connectivity index (χ4n) is 3.06. The van der Waals surface area contributed by atoms with Crippen molar-refractivity contribution in [3.05, 3.63) is 59.1 Å². The van der Waals surface area contributed by atoms with Crippen LogP contribution in [0.15, 0.2) is 53.4 Å². The number of rotatable bonds is 4. The largest absolute Gasteiger partial charge is 0.325 e. The number of aryl methyl sites for hydroxylation is 1. The zero-order valence-corrected chi connectivity index (χ0v) is 16.1. The van der Waals surface area contributed by atoms with Crippen LogP contribution in [0.25, 0.3) is 0 Å². The minimum atomic E-state index is -3.76. The van der Waals surface area contributed by atoms with E-state index in [1.807, 2.05) is 31.2 Å². The van der Waals surface area contributed by atoms with Gasteiger partial charge in [-0.1, -0.05) is 35.7 Å². The third-order valence-electron chi connectivity index (χ3n) is 4.50. The quantitative estimate of drug-likeness (QED) is 0.859. The van der Waals surface area contributed by atoms with Crippen molar-refractivity contribution in [2.75, 3.05) is 11.9 Å². The van der Waals surface area contributed by atoms with E-state index < -0.39 is 16.1 Å². The Balaban J connectivity index is 1.83. The molecule has 26 heavy (non-hydrogen) atoms. The van der Waals surface area contributed by atoms with Crippen molar-refractivity contribution in [2.45, 2.75) is 37.1 Å². The van der Waals surface area contributed by atoms with Crippen LogP contribution in [0.3, 0.4) is 0 Å². The fourth-order valence-corrected chi connectivity index (χ4v) is 4.84. The van der Waals surface area contributed by atoms with E-state index in [0.29, 0.717) is 23.7 Å². The Kier molecular flexibility index (Phi) is 5.65. The molecule has 1 aliphatic heterocycles. The molecule has 0 unspecified atom stereocenters. The Hall–Kier alpha value is -1.89. The number of sulfonamides is 1. The first-order valence-electron chi connectivity index (χ1n) is 8.53. The van der Waals surface area contributed by atoms with Crippen molar-refractivity contribution in [3.63, 3.8) is 0 Å². The second-order valence-corrected chi connectivity index (χ2v) is 8.76. The normalized spacial score (nSPS) is 18.5. The molecule has 1 amide bonds. The second kappa shape index (κ2) is 7.78. The van der Waals surface area contributed by atoms with Crippen molar-refractivity contribution in [3.8, 4) is 0 Å². The van der Waals surface area contributed by atoms with Crippen LogP contribution in [0.2, 0.25) is 5.02 Å². The van der Waals surface area contributed by atoms with Gasteiger partial charge in [0.15, 0.2) is 0 Å². The van der Waals surface area contributed by atoms with Crippen molar-refractivity contribution >= 4 is 33.2 Å². The van der Waals surface area contributed by atoms with Gasteiger partial charge in [0, 0.05) is 17.3 Å². The minimum absolute atomic E-state index is 0.150. The molecule has 2 aromatic carbocycles. The Morgan fingerprint density at radius 2 is 1.73 bits per heavy atom. The highest BCUT2D eigenvalue weighted by Gasteiger charge is 2.37. The fraction of sp³-hybridized carbons (Fsp3) is 0.316. The minimum Gasteiger partial charge on any atom is -0.325 e. The summed E-state index contributed by atoms with van der Waals surface area (Å²) in [5, 5.41) is 3.30. The van der Waals surface area contributed by atoms with Crippen LogP contribution in [-0.2, 0) is 14.8 Å². The predicted molar refractivity (Wildman–Crippen MR) is 103 cm³/mol. The van der Waals surface area contributed by atoms with Gasteiger partial charge in [-0.25, -0.2) is 8.42 Å². The van der Waals surface area contributed by atoms with Crippen LogP contribution in [-0.4, -0.2) is 31.2 Å². The van der Waals surface area contributed by atoms with Gasteiger partial charge in [0.2, 0.25) is 15.9 Å². The van der Waals surface area contributed by atoms with Crippen LogP contribution < -0.4 is 5.32 Å². The second-order valence-electron chi connectivity index (χ2n) is 6.44. The SMILES string of the molecule is Cc1ccc(NC(=O)[C@H]2CCCCN2S(=O)(=O)c2ccc(Cl)cc2)cc1. The molecule has 0 radical (unpaired) electrons. The van der Waals surface area contributed by atoms with Crippen LogP contribution in [0, 0.1) is 6.92 Å². The molecular weight excluding hydrogens is 372 g/mol. The van der Waals surface area contributed by atoms with Crippen molar-refractivity contribution < 1.29 is 13.2 Å². The zero-order chi connectivity index (χ0) is 18.7. The van der Waals surface area contributed by atoms with Gasteiger partial charge in [0.25, 0.3) is 0 Å². The van der Waals surface area contributed by atoms with E-state index in [1.54, 1.807) is 12.1 Å². The Morgan fingerprint density at radius 3 is 2.38 bits per heavy atom. The average Bonchev–Trinajstić information content (AvgIpc) is 2.64. The monoisotopic (exact) mass is 392 g/mol. The highest BCUT2D eigenvalue weighted by atomic mass is 35.5. The lowest BCUT2D eigenvalue weighted by atomic mass is 10.0. The van der Waals surface area contributed by atoms with E-state index in [4.69, 9.17) is 11.6 Å². The third kappa shape index (κ3) is 4.09. The number of halogens is 1. The molecule has 2 aromatic rings. The van der Waals surface area contributed by atoms with Gasteiger partial charge in [-0.15, -0.1) is 0 Å². The first-order chi connectivity index (χ1) is 12.4. The molecule has 5 nitrogen and oxygen atoms in total. The number of piperidine rings is 1. The van der Waals surface area contributed by atoms with Crippen LogP contribution >= 0.6 is 11.6 Å². The number of benzene rings is 2. The van der Waals surface area contributed by atoms with Crippen molar-refractivity contribution in [2.24, 2.45) is 0 Å². The Labute approximate surface area is 159 Å². The molecular formula is C19H21ClN2O3S. The number of nitrogens with one attached hydrogen (secondary N) is 1. The summed E-state index contributed by atoms with van der Waals surface area (Å²) >= 11 is 5.86. The van der Waals surface area contributed by atoms with E-state index in [2.05, 4.69) is 5.32 Å². The van der Waals surface area contributed by atoms with Gasteiger partial charge >= 0.3 is 0 Å². The number of hydrogen-bond acceptors (Lipinski definition) is 3. The van der Waals surface area contributed by atoms with E-state index in [9.17, 15) is 13.2 Å². The number of amides is 1. The Bertz CT molecular complexity index is 880. The van der Waals surface area contributed by atoms with E-state index in [0.717, 1.165) is 18.4 Å². The number of hydrogen-bond donors (Lipinski definition) is 1. The number of anilines is 1. The average molecular weight is 393 g/mol. The zero-order valence-electron chi connectivity index (χ0n) is 14.5. The summed E-state index contributed by atoms with van der Waals surface area (Å²) < 4.78 is 27.3. The van der Waals surface area contributed by atoms with Gasteiger partial charge in [0.1, 0.15) is 6.04 Å². The predicted octanol–water partition coefficient (Wildman–Crippen LogP) is 3.83. The molecule has 3 rings (SSSR count). The number of nitrogens with zero attached hydrogens (tertiary/aromatic N) is 1. The highest BCUT2D eigenvalue weighted by molar-refractivity contribution is 7.89. The lowest BCUT2D eigenvalue weighted by Gasteiger charge is -2.33. The summed E-state index contributed by atoms with van der Waals surface area (Å²) in [6.07, 6.45) is 2.06. The molecule has 1 atom stereocenters. The summed E-state index contributed by atoms with van der Waals surface area (Å²) in [5.74, 6) is -0.300. The Morgan fingerprint density at radius 1 is 1.08 bits per heavy atom. The summed E-state index contributed by atoms with van der Waals surface area (Å²) in [6.45, 7) is 2.30. The van der Waals surface area contributed by atoms with Gasteiger partial charge in [0.05, 0.1) is 4.90 Å². The van der Waals surface area contributed by atoms with Gasteiger partial charge in [-0.3, -0.25) is 4.79 Å². The molecule has 1 saturated heterocycles. The molecule has 0 saturated carbocycles. The van der Waals surface area contributed by atoms with E-state index in [1.165, 1.54) is 16.4 Å². The third-order valence-corrected chi connectivity index (χ3v) is 6.67. The van der Waals surface area contributed by atoms with Crippen molar-refractivity contribution in [1.82, 2.24) is 4.31 Å². The molecule has 0 bridgehead atoms. The molecule has 0 aliphatic carbocycles. The number of carbonyl (C=O) groups is 1. The van der Waals surface area contributed by atoms with Crippen LogP contribution in [0.5, 0.6) is 0 Å². The lowest BCUT2D eigenvalue weighted by molar-refractivity contribution is -0.120. The molecule has 1 aliphatic rings. The van der Waals surface area contributed by atoms with Crippen molar-refractivity contribution in [1.29, 1.82) is 0 Å². The molecule has 1 N–H and O–H groups in total. The molecule has 0 aromatic heterocycles. The summed E-state index contributed by atoms with van der Waals surface area (Å²) in [7, 11) is -3.76. The van der Waals surface area contributed by atoms with Gasteiger partial charge in [-0.05, 0) is 56.2 Å². The molecule has 138 valence electrons. The van der Waals surface area contributed by atoms with Crippen LogP contribution in [0.4, 0.5) is 5.69 Å². The van der Waals surface area contributed by atoms with E-state index in [-0.39, 0.29) is 10.8 Å². The number of carbonyl (C=O) groups excluding carboxylic acids is 1. The van der Waals surface area contributed by atoms with Gasteiger partial charge in [-0.2, -0.15) is 4.31 Å². The molecule has 1 heterocycles. The summed E-state index contributed by atoms with van der Waals surface area (Å²) in [6, 6.07) is 12.7. The highest BCUT2D eigenvalue weighted by Crippen LogP contribution is 2.27. The maximum atomic E-state index is 13.0. The topological polar surface area (TPSA) is 66.5 Å². The smallest absolute Gasteiger partial charge is 0.243 e.